The number of hydrogen-bond acceptors (Lipinski definition) is 6. The van der Waals surface area contributed by atoms with E-state index in [-0.39, 0.29) is 11.8 Å². The lowest BCUT2D eigenvalue weighted by molar-refractivity contribution is -0.110. The van der Waals surface area contributed by atoms with E-state index in [0.717, 1.165) is 67.9 Å². The number of nitrogens with one attached hydrogen (secondary N) is 1. The number of carbonyl (C=O) groups excluding carboxylic acids is 1. The highest BCUT2D eigenvalue weighted by Gasteiger charge is 2.33. The van der Waals surface area contributed by atoms with Crippen molar-refractivity contribution in [3.63, 3.8) is 0 Å². The normalized spacial score (nSPS) is 16.5. The summed E-state index contributed by atoms with van der Waals surface area (Å²) in [6, 6.07) is 13.6. The molecule has 41 heavy (non-hydrogen) atoms. The van der Waals surface area contributed by atoms with Crippen molar-refractivity contribution in [1.82, 2.24) is 24.4 Å². The molecule has 0 saturated carbocycles. The molecule has 4 heterocycles. The number of halogens is 2. The fourth-order valence-corrected chi connectivity index (χ4v) is 5.49. The Hall–Kier alpha value is -4.44. The third kappa shape index (κ3) is 5.47. The highest BCUT2D eigenvalue weighted by Crippen LogP contribution is 2.40. The smallest absolute Gasteiger partial charge is 0.257 e. The molecule has 10 heteroatoms. The molecule has 1 amide bonds. The van der Waals surface area contributed by atoms with Crippen molar-refractivity contribution in [3.8, 4) is 11.3 Å². The van der Waals surface area contributed by atoms with Crippen LogP contribution in [-0.4, -0.2) is 64.1 Å². The van der Waals surface area contributed by atoms with Crippen LogP contribution in [-0.2, 0) is 11.3 Å². The number of fused-ring (bicyclic) bond motifs is 1. The molecule has 0 unspecified atom stereocenters. The molecule has 0 atom stereocenters. The van der Waals surface area contributed by atoms with E-state index < -0.39 is 11.6 Å². The first-order valence-corrected chi connectivity index (χ1v) is 13.7. The number of likely N-dealkylation sites (N-methyl/N-ethyl adjacent to an activating group) is 1. The summed E-state index contributed by atoms with van der Waals surface area (Å²) in [7, 11) is 4.04. The van der Waals surface area contributed by atoms with Gasteiger partial charge in [-0.15, -0.1) is 0 Å². The number of imidazole rings is 1. The molecule has 0 bridgehead atoms. The lowest BCUT2D eigenvalue weighted by Gasteiger charge is -2.33. The maximum atomic E-state index is 14.0. The zero-order valence-electron chi connectivity index (χ0n) is 23.0. The second-order valence-corrected chi connectivity index (χ2v) is 10.7. The van der Waals surface area contributed by atoms with Crippen molar-refractivity contribution < 1.29 is 13.6 Å². The van der Waals surface area contributed by atoms with Crippen LogP contribution in [0, 0.1) is 11.6 Å². The quantitative estimate of drug-likeness (QED) is 0.322. The number of amides is 1. The highest BCUT2D eigenvalue weighted by molar-refractivity contribution is 6.35. The van der Waals surface area contributed by atoms with E-state index in [9.17, 15) is 13.6 Å². The van der Waals surface area contributed by atoms with Crippen LogP contribution in [0.15, 0.2) is 61.1 Å². The van der Waals surface area contributed by atoms with Gasteiger partial charge in [0.2, 0.25) is 0 Å². The number of carbonyl (C=O) groups is 1. The largest absolute Gasteiger partial charge is 0.356 e. The van der Waals surface area contributed by atoms with Gasteiger partial charge < -0.3 is 19.7 Å². The minimum absolute atomic E-state index is 0.182. The van der Waals surface area contributed by atoms with Gasteiger partial charge in [-0.2, -0.15) is 0 Å². The third-order valence-electron chi connectivity index (χ3n) is 7.65. The maximum Gasteiger partial charge on any atom is 0.257 e. The van der Waals surface area contributed by atoms with Crippen molar-refractivity contribution >= 4 is 29.2 Å². The Kier molecular flexibility index (Phi) is 7.32. The van der Waals surface area contributed by atoms with Crippen LogP contribution in [0.2, 0.25) is 0 Å². The van der Waals surface area contributed by atoms with Gasteiger partial charge >= 0.3 is 0 Å². The molecular weight excluding hydrogens is 524 g/mol. The molecule has 8 nitrogen and oxygen atoms in total. The Labute approximate surface area is 237 Å². The summed E-state index contributed by atoms with van der Waals surface area (Å²) in [4.78, 5) is 31.1. The zero-order valence-corrected chi connectivity index (χ0v) is 23.0. The van der Waals surface area contributed by atoms with Gasteiger partial charge in [0.25, 0.3) is 5.91 Å². The van der Waals surface area contributed by atoms with Crippen LogP contribution in [0.1, 0.15) is 35.7 Å². The molecular formula is C31H31F2N7O. The summed E-state index contributed by atoms with van der Waals surface area (Å²) < 4.78 is 29.7. The summed E-state index contributed by atoms with van der Waals surface area (Å²) in [6.07, 6.45) is 6.96. The summed E-state index contributed by atoms with van der Waals surface area (Å²) in [5.41, 5.74) is 3.40. The molecule has 0 radical (unpaired) electrons. The van der Waals surface area contributed by atoms with Gasteiger partial charge in [0, 0.05) is 43.9 Å². The maximum absolute atomic E-state index is 14.0. The molecule has 1 fully saturated rings. The molecule has 1 N–H and O–H groups in total. The Morgan fingerprint density at radius 3 is 2.56 bits per heavy atom. The topological polar surface area (TPSA) is 79.2 Å². The predicted molar refractivity (Wildman–Crippen MR) is 155 cm³/mol. The van der Waals surface area contributed by atoms with Gasteiger partial charge in [0.15, 0.2) is 11.6 Å². The van der Waals surface area contributed by atoms with E-state index in [4.69, 9.17) is 4.98 Å². The number of hydrogen-bond donors (Lipinski definition) is 1. The van der Waals surface area contributed by atoms with E-state index in [1.165, 1.54) is 12.4 Å². The van der Waals surface area contributed by atoms with Gasteiger partial charge in [-0.25, -0.2) is 23.7 Å². The Balaban J connectivity index is 1.26. The Morgan fingerprint density at radius 1 is 1.05 bits per heavy atom. The number of piperidine rings is 1. The summed E-state index contributed by atoms with van der Waals surface area (Å²) in [5.74, 6) is 0.455. The van der Waals surface area contributed by atoms with Crippen molar-refractivity contribution in [1.29, 1.82) is 0 Å². The van der Waals surface area contributed by atoms with E-state index >= 15 is 0 Å². The van der Waals surface area contributed by atoms with Crippen LogP contribution >= 0.6 is 0 Å². The van der Waals surface area contributed by atoms with Crippen molar-refractivity contribution in [2.24, 2.45) is 0 Å². The van der Waals surface area contributed by atoms with Crippen LogP contribution in [0.25, 0.3) is 22.9 Å². The van der Waals surface area contributed by atoms with Crippen LogP contribution < -0.4 is 10.2 Å². The second-order valence-electron chi connectivity index (χ2n) is 10.7. The molecule has 2 aromatic heterocycles. The highest BCUT2D eigenvalue weighted by atomic mass is 19.2. The number of aromatic nitrogens is 4. The van der Waals surface area contributed by atoms with Crippen molar-refractivity contribution in [3.05, 3.63) is 89.6 Å². The average Bonchev–Trinajstić information content (AvgIpc) is 3.55. The van der Waals surface area contributed by atoms with Crippen LogP contribution in [0.3, 0.4) is 0 Å². The standard InChI is InChI=1S/C31H31F2N7O/c1-38(2)14-15-40-18-26(22-8-9-24(32)25(33)17-22)36-29(40)21-10-12-39(13-11-21)30-27-23(16-20-6-4-3-5-7-20)31(41)37-28(27)34-19-35-30/h3-9,16-19,21H,10-15H2,1-2H3,(H,34,35,37,41)/b23-16-. The molecule has 210 valence electrons. The zero-order chi connectivity index (χ0) is 28.5. The molecule has 0 aliphatic carbocycles. The van der Waals surface area contributed by atoms with E-state index in [2.05, 4.69) is 29.7 Å². The summed E-state index contributed by atoms with van der Waals surface area (Å²) in [5, 5.41) is 2.89. The van der Waals surface area contributed by atoms with Gasteiger partial charge in [0.05, 0.1) is 16.8 Å². The first-order valence-electron chi connectivity index (χ1n) is 13.7. The number of rotatable bonds is 7. The van der Waals surface area contributed by atoms with E-state index in [1.807, 2.05) is 56.7 Å². The fraction of sp³-hybridized carbons (Fsp3) is 0.290. The Bertz CT molecular complexity index is 1610. The fourth-order valence-electron chi connectivity index (χ4n) is 5.49. The summed E-state index contributed by atoms with van der Waals surface area (Å²) >= 11 is 0. The van der Waals surface area contributed by atoms with Crippen LogP contribution in [0.5, 0.6) is 0 Å². The number of nitrogens with zero attached hydrogens (tertiary/aromatic N) is 6. The first-order chi connectivity index (χ1) is 19.9. The first kappa shape index (κ1) is 26.8. The molecule has 2 aliphatic heterocycles. The number of benzene rings is 2. The van der Waals surface area contributed by atoms with Gasteiger partial charge in [-0.3, -0.25) is 4.79 Å². The molecule has 0 spiro atoms. The molecule has 2 aliphatic rings. The van der Waals surface area contributed by atoms with E-state index in [1.54, 1.807) is 6.07 Å². The minimum atomic E-state index is -0.883. The molecule has 1 saturated heterocycles. The summed E-state index contributed by atoms with van der Waals surface area (Å²) in [6.45, 7) is 3.01. The van der Waals surface area contributed by atoms with Crippen LogP contribution in [0.4, 0.5) is 20.4 Å². The number of anilines is 2. The third-order valence-corrected chi connectivity index (χ3v) is 7.65. The average molecular weight is 556 g/mol. The molecule has 6 rings (SSSR count). The molecule has 2 aromatic carbocycles. The monoisotopic (exact) mass is 555 g/mol. The molecule has 4 aromatic rings. The second kappa shape index (κ2) is 11.2. The van der Waals surface area contributed by atoms with Gasteiger partial charge in [-0.05, 0) is 56.8 Å². The lowest BCUT2D eigenvalue weighted by atomic mass is 9.95. The lowest BCUT2D eigenvalue weighted by Crippen LogP contribution is -2.35. The van der Waals surface area contributed by atoms with Crippen molar-refractivity contribution in [2.45, 2.75) is 25.3 Å². The van der Waals surface area contributed by atoms with Gasteiger partial charge in [0.1, 0.15) is 23.8 Å². The van der Waals surface area contributed by atoms with Gasteiger partial charge in [-0.1, -0.05) is 30.3 Å². The Morgan fingerprint density at radius 2 is 1.83 bits per heavy atom. The predicted octanol–water partition coefficient (Wildman–Crippen LogP) is 5.06. The SMILES string of the molecule is CN(C)CCn1cc(-c2ccc(F)c(F)c2)nc1C1CCN(c2ncnc3c2/C(=C/c2ccccc2)C(=O)N3)CC1. The minimum Gasteiger partial charge on any atom is -0.356 e. The van der Waals surface area contributed by atoms with E-state index in [0.29, 0.717) is 22.6 Å². The van der Waals surface area contributed by atoms with Crippen molar-refractivity contribution in [2.75, 3.05) is 43.9 Å².